The minimum Gasteiger partial charge on any atom is -0.484 e. The van der Waals surface area contributed by atoms with Crippen molar-refractivity contribution < 1.29 is 9.53 Å². The molecule has 0 spiro atoms. The Labute approximate surface area is 147 Å². The van der Waals surface area contributed by atoms with E-state index >= 15 is 0 Å². The summed E-state index contributed by atoms with van der Waals surface area (Å²) in [6.45, 7) is 10.7. The smallest absolute Gasteiger partial charge is 0.258 e. The van der Waals surface area contributed by atoms with E-state index in [1.165, 1.54) is 0 Å². The molecule has 5 heteroatoms. The molecule has 1 aromatic carbocycles. The van der Waals surface area contributed by atoms with Crippen LogP contribution >= 0.6 is 15.9 Å². The summed E-state index contributed by atoms with van der Waals surface area (Å²) in [5, 5.41) is 6.74. The number of piperidine rings is 1. The van der Waals surface area contributed by atoms with Crippen LogP contribution in [0.25, 0.3) is 0 Å². The lowest BCUT2D eigenvalue weighted by Crippen LogP contribution is -2.62. The molecule has 1 aliphatic heterocycles. The molecule has 4 nitrogen and oxygen atoms in total. The van der Waals surface area contributed by atoms with Crippen LogP contribution in [0.3, 0.4) is 0 Å². The standard InChI is InChI=1S/C18H27BrN2O2/c1-12-8-13(19)6-7-15(12)23-11-16(22)20-14-9-17(2,3)21-18(4,5)10-14/h6-8,14,21H,9-11H2,1-5H3,(H,20,22). The lowest BCUT2D eigenvalue weighted by molar-refractivity contribution is -0.124. The number of rotatable bonds is 4. The van der Waals surface area contributed by atoms with E-state index in [1.54, 1.807) is 0 Å². The number of ether oxygens (including phenoxy) is 1. The molecule has 0 aromatic heterocycles. The van der Waals surface area contributed by atoms with Crippen molar-refractivity contribution in [3.05, 3.63) is 28.2 Å². The van der Waals surface area contributed by atoms with Crippen molar-refractivity contribution in [1.29, 1.82) is 0 Å². The maximum Gasteiger partial charge on any atom is 0.258 e. The summed E-state index contributed by atoms with van der Waals surface area (Å²) in [5.74, 6) is 0.681. The molecule has 1 aromatic rings. The van der Waals surface area contributed by atoms with Crippen LogP contribution in [0.4, 0.5) is 0 Å². The number of hydrogen-bond donors (Lipinski definition) is 2. The number of nitrogens with one attached hydrogen (secondary N) is 2. The summed E-state index contributed by atoms with van der Waals surface area (Å²) in [6.07, 6.45) is 1.83. The van der Waals surface area contributed by atoms with Crippen LogP contribution in [0.15, 0.2) is 22.7 Å². The Balaban J connectivity index is 1.89. The Kier molecular flexibility index (Phi) is 5.41. The number of carbonyl (C=O) groups excluding carboxylic acids is 1. The molecule has 0 radical (unpaired) electrons. The third kappa shape index (κ3) is 5.50. The number of benzene rings is 1. The fourth-order valence-electron chi connectivity index (χ4n) is 3.61. The minimum atomic E-state index is -0.0641. The van der Waals surface area contributed by atoms with E-state index in [4.69, 9.17) is 4.74 Å². The lowest BCUT2D eigenvalue weighted by Gasteiger charge is -2.46. The zero-order valence-corrected chi connectivity index (χ0v) is 16.2. The van der Waals surface area contributed by atoms with Crippen molar-refractivity contribution >= 4 is 21.8 Å². The van der Waals surface area contributed by atoms with Gasteiger partial charge in [0, 0.05) is 21.6 Å². The third-order valence-corrected chi connectivity index (χ3v) is 4.54. The van der Waals surface area contributed by atoms with Gasteiger partial charge in [0.25, 0.3) is 5.91 Å². The topological polar surface area (TPSA) is 50.4 Å². The molecule has 2 rings (SSSR count). The van der Waals surface area contributed by atoms with Gasteiger partial charge in [0.2, 0.25) is 0 Å². The van der Waals surface area contributed by atoms with E-state index in [9.17, 15) is 4.79 Å². The van der Waals surface area contributed by atoms with Gasteiger partial charge in [-0.3, -0.25) is 4.79 Å². The molecule has 0 aliphatic carbocycles. The van der Waals surface area contributed by atoms with Gasteiger partial charge in [-0.25, -0.2) is 0 Å². The predicted molar refractivity (Wildman–Crippen MR) is 96.8 cm³/mol. The molecule has 23 heavy (non-hydrogen) atoms. The molecule has 2 N–H and O–H groups in total. The van der Waals surface area contributed by atoms with Crippen molar-refractivity contribution in [3.63, 3.8) is 0 Å². The average molecular weight is 383 g/mol. The summed E-state index contributed by atoms with van der Waals surface area (Å²) in [6, 6.07) is 5.94. The Bertz CT molecular complexity index is 568. The van der Waals surface area contributed by atoms with E-state index in [1.807, 2.05) is 25.1 Å². The van der Waals surface area contributed by atoms with Gasteiger partial charge < -0.3 is 15.4 Å². The van der Waals surface area contributed by atoms with Gasteiger partial charge in [0.05, 0.1) is 0 Å². The molecular weight excluding hydrogens is 356 g/mol. The molecule has 128 valence electrons. The highest BCUT2D eigenvalue weighted by molar-refractivity contribution is 9.10. The zero-order valence-electron chi connectivity index (χ0n) is 14.6. The molecule has 1 heterocycles. The van der Waals surface area contributed by atoms with E-state index in [0.29, 0.717) is 0 Å². The maximum atomic E-state index is 12.2. The summed E-state index contributed by atoms with van der Waals surface area (Å²) >= 11 is 3.42. The highest BCUT2D eigenvalue weighted by Crippen LogP contribution is 2.28. The van der Waals surface area contributed by atoms with Gasteiger partial charge in [-0.05, 0) is 71.2 Å². The molecule has 0 unspecified atom stereocenters. The van der Waals surface area contributed by atoms with E-state index in [2.05, 4.69) is 54.3 Å². The second-order valence-electron chi connectivity index (χ2n) is 7.76. The average Bonchev–Trinajstić information content (AvgIpc) is 2.33. The Morgan fingerprint density at radius 2 is 1.91 bits per heavy atom. The number of halogens is 1. The Morgan fingerprint density at radius 1 is 1.30 bits per heavy atom. The van der Waals surface area contributed by atoms with E-state index in [-0.39, 0.29) is 29.6 Å². The van der Waals surface area contributed by atoms with Crippen molar-refractivity contribution in [2.75, 3.05) is 6.61 Å². The lowest BCUT2D eigenvalue weighted by atomic mass is 9.79. The number of hydrogen-bond acceptors (Lipinski definition) is 3. The second kappa shape index (κ2) is 6.81. The van der Waals surface area contributed by atoms with Crippen molar-refractivity contribution in [2.24, 2.45) is 0 Å². The number of carbonyl (C=O) groups is 1. The molecule has 1 fully saturated rings. The van der Waals surface area contributed by atoms with Gasteiger partial charge in [0.1, 0.15) is 5.75 Å². The highest BCUT2D eigenvalue weighted by Gasteiger charge is 2.38. The monoisotopic (exact) mass is 382 g/mol. The largest absolute Gasteiger partial charge is 0.484 e. The second-order valence-corrected chi connectivity index (χ2v) is 8.68. The van der Waals surface area contributed by atoms with Gasteiger partial charge in [-0.1, -0.05) is 15.9 Å². The van der Waals surface area contributed by atoms with Gasteiger partial charge in [-0.15, -0.1) is 0 Å². The molecule has 0 saturated carbocycles. The predicted octanol–water partition coefficient (Wildman–Crippen LogP) is 3.56. The number of aryl methyl sites for hydroxylation is 1. The highest BCUT2D eigenvalue weighted by atomic mass is 79.9. The SMILES string of the molecule is Cc1cc(Br)ccc1OCC(=O)NC1CC(C)(C)NC(C)(C)C1. The first-order valence-corrected chi connectivity index (χ1v) is 8.83. The first kappa shape index (κ1) is 18.3. The van der Waals surface area contributed by atoms with Crippen LogP contribution in [0.2, 0.25) is 0 Å². The van der Waals surface area contributed by atoms with Crippen molar-refractivity contribution in [3.8, 4) is 5.75 Å². The molecule has 1 amide bonds. The van der Waals surface area contributed by atoms with Crippen LogP contribution in [0.5, 0.6) is 5.75 Å². The van der Waals surface area contributed by atoms with Gasteiger partial charge >= 0.3 is 0 Å². The molecular formula is C18H27BrN2O2. The van der Waals surface area contributed by atoms with Crippen molar-refractivity contribution in [2.45, 2.75) is 64.6 Å². The first-order valence-electron chi connectivity index (χ1n) is 8.04. The third-order valence-electron chi connectivity index (χ3n) is 4.05. The Morgan fingerprint density at radius 3 is 2.48 bits per heavy atom. The number of amides is 1. The zero-order chi connectivity index (χ0) is 17.3. The van der Waals surface area contributed by atoms with E-state index < -0.39 is 0 Å². The summed E-state index contributed by atoms with van der Waals surface area (Å²) in [5.41, 5.74) is 1.04. The normalized spacial score (nSPS) is 20.1. The van der Waals surface area contributed by atoms with Crippen LogP contribution in [0, 0.1) is 6.92 Å². The Hall–Kier alpha value is -1.07. The van der Waals surface area contributed by atoms with Crippen LogP contribution in [0.1, 0.15) is 46.1 Å². The maximum absolute atomic E-state index is 12.2. The molecule has 1 saturated heterocycles. The summed E-state index contributed by atoms with van der Waals surface area (Å²) in [4.78, 5) is 12.2. The quantitative estimate of drug-likeness (QED) is 0.836. The van der Waals surface area contributed by atoms with Crippen LogP contribution in [-0.2, 0) is 4.79 Å². The van der Waals surface area contributed by atoms with Crippen LogP contribution in [-0.4, -0.2) is 29.6 Å². The summed E-state index contributed by atoms with van der Waals surface area (Å²) < 4.78 is 6.66. The molecule has 0 atom stereocenters. The first-order chi connectivity index (χ1) is 10.6. The summed E-state index contributed by atoms with van der Waals surface area (Å²) in [7, 11) is 0. The fourth-order valence-corrected chi connectivity index (χ4v) is 4.09. The minimum absolute atomic E-state index is 0.0167. The van der Waals surface area contributed by atoms with Gasteiger partial charge in [-0.2, -0.15) is 0 Å². The van der Waals surface area contributed by atoms with Crippen molar-refractivity contribution in [1.82, 2.24) is 10.6 Å². The fraction of sp³-hybridized carbons (Fsp3) is 0.611. The van der Waals surface area contributed by atoms with Crippen LogP contribution < -0.4 is 15.4 Å². The molecule has 0 bridgehead atoms. The molecule has 1 aliphatic rings. The van der Waals surface area contributed by atoms with Gasteiger partial charge in [0.15, 0.2) is 6.61 Å². The van der Waals surface area contributed by atoms with E-state index in [0.717, 1.165) is 28.6 Å².